The third-order valence-corrected chi connectivity index (χ3v) is 2.60. The molecule has 0 aliphatic rings. The van der Waals surface area contributed by atoms with E-state index >= 15 is 0 Å². The quantitative estimate of drug-likeness (QED) is 0.785. The lowest BCUT2D eigenvalue weighted by atomic mass is 10.2. The van der Waals surface area contributed by atoms with Gasteiger partial charge in [-0.1, -0.05) is 27.2 Å². The molecule has 0 bridgehead atoms. The number of halogens is 2. The van der Waals surface area contributed by atoms with Gasteiger partial charge in [0, 0.05) is 5.33 Å². The van der Waals surface area contributed by atoms with Crippen molar-refractivity contribution in [2.45, 2.75) is 12.3 Å². The Morgan fingerprint density at radius 1 is 1.47 bits per heavy atom. The minimum absolute atomic E-state index is 0.291. The van der Waals surface area contributed by atoms with Gasteiger partial charge in [-0.3, -0.25) is 0 Å². The molecule has 2 rings (SSSR count). The minimum Gasteiger partial charge on any atom is -0.217 e. The predicted octanol–water partition coefficient (Wildman–Crippen LogP) is 2.61. The number of rotatable bonds is 2. The maximum Gasteiger partial charge on any atom is 0.149 e. The second-order valence-electron chi connectivity index (χ2n) is 3.24. The highest BCUT2D eigenvalue weighted by atomic mass is 79.9. The lowest BCUT2D eigenvalue weighted by Crippen LogP contribution is -1.98. The zero-order valence-corrected chi connectivity index (χ0v) is 9.70. The van der Waals surface area contributed by atoms with Crippen LogP contribution in [0.25, 0.3) is 5.69 Å². The molecular weight excluding hydrogens is 261 g/mol. The highest BCUT2D eigenvalue weighted by Gasteiger charge is 2.06. The fraction of sp³-hybridized carbons (Fsp3) is 0.200. The molecule has 0 N–H and O–H groups in total. The van der Waals surface area contributed by atoms with Gasteiger partial charge in [0.15, 0.2) is 0 Å². The Labute approximate surface area is 95.0 Å². The molecule has 0 atom stereocenters. The zero-order valence-electron chi connectivity index (χ0n) is 8.11. The van der Waals surface area contributed by atoms with Crippen molar-refractivity contribution in [2.75, 3.05) is 0 Å². The van der Waals surface area contributed by atoms with E-state index in [4.69, 9.17) is 0 Å². The van der Waals surface area contributed by atoms with E-state index in [-0.39, 0.29) is 5.82 Å². The van der Waals surface area contributed by atoms with Crippen molar-refractivity contribution in [3.8, 4) is 5.69 Å². The summed E-state index contributed by atoms with van der Waals surface area (Å²) in [4.78, 5) is 0. The zero-order chi connectivity index (χ0) is 10.8. The van der Waals surface area contributed by atoms with Crippen molar-refractivity contribution in [1.29, 1.82) is 0 Å². The smallest absolute Gasteiger partial charge is 0.149 e. The van der Waals surface area contributed by atoms with Crippen LogP contribution in [0.3, 0.4) is 0 Å². The molecule has 15 heavy (non-hydrogen) atoms. The summed E-state index contributed by atoms with van der Waals surface area (Å²) in [6.07, 6.45) is 1.70. The summed E-state index contributed by atoms with van der Waals surface area (Å²) in [6.45, 7) is 1.85. The molecular formula is C10H9BrFN3. The topological polar surface area (TPSA) is 30.7 Å². The summed E-state index contributed by atoms with van der Waals surface area (Å²) in [5.41, 5.74) is 2.08. The Bertz CT molecular complexity index is 481. The van der Waals surface area contributed by atoms with E-state index in [9.17, 15) is 4.39 Å². The minimum atomic E-state index is -0.291. The van der Waals surface area contributed by atoms with Crippen LogP contribution >= 0.6 is 15.9 Å². The van der Waals surface area contributed by atoms with Crippen LogP contribution < -0.4 is 0 Å². The van der Waals surface area contributed by atoms with Crippen molar-refractivity contribution in [1.82, 2.24) is 15.0 Å². The molecule has 1 heterocycles. The van der Waals surface area contributed by atoms with Gasteiger partial charge >= 0.3 is 0 Å². The number of aromatic nitrogens is 3. The summed E-state index contributed by atoms with van der Waals surface area (Å²) in [5, 5.41) is 8.33. The van der Waals surface area contributed by atoms with Crippen molar-refractivity contribution >= 4 is 15.9 Å². The Hall–Kier alpha value is -1.23. The van der Waals surface area contributed by atoms with E-state index in [1.807, 2.05) is 13.0 Å². The summed E-state index contributed by atoms with van der Waals surface area (Å²) in [6, 6.07) is 5.01. The lowest BCUT2D eigenvalue weighted by molar-refractivity contribution is 0.606. The Morgan fingerprint density at radius 3 is 2.87 bits per heavy atom. The monoisotopic (exact) mass is 269 g/mol. The molecule has 0 aliphatic carbocycles. The summed E-state index contributed by atoms with van der Waals surface area (Å²) in [5.74, 6) is -0.291. The highest BCUT2D eigenvalue weighted by molar-refractivity contribution is 9.08. The van der Waals surface area contributed by atoms with Gasteiger partial charge < -0.3 is 0 Å². The van der Waals surface area contributed by atoms with Crippen LogP contribution in [0.15, 0.2) is 24.4 Å². The summed E-state index contributed by atoms with van der Waals surface area (Å²) in [7, 11) is 0. The van der Waals surface area contributed by atoms with Crippen LogP contribution in [0.1, 0.15) is 11.3 Å². The van der Waals surface area contributed by atoms with Crippen molar-refractivity contribution in [3.05, 3.63) is 41.5 Å². The fourth-order valence-electron chi connectivity index (χ4n) is 1.28. The van der Waals surface area contributed by atoms with E-state index < -0.39 is 0 Å². The number of hydrogen-bond donors (Lipinski definition) is 0. The normalized spacial score (nSPS) is 10.6. The van der Waals surface area contributed by atoms with Crippen LogP contribution in [-0.2, 0) is 5.33 Å². The van der Waals surface area contributed by atoms with Crippen molar-refractivity contribution in [2.24, 2.45) is 0 Å². The standard InChI is InChI=1S/C10H9BrFN3/c1-7-2-3-10(9(12)4-7)15-6-8(5-11)13-14-15/h2-4,6H,5H2,1H3. The van der Waals surface area contributed by atoms with E-state index in [1.54, 1.807) is 12.3 Å². The molecule has 0 aliphatic heterocycles. The van der Waals surface area contributed by atoms with Gasteiger partial charge in [-0.05, 0) is 24.6 Å². The number of nitrogens with zero attached hydrogens (tertiary/aromatic N) is 3. The van der Waals surface area contributed by atoms with Gasteiger partial charge in [0.05, 0.1) is 11.9 Å². The molecule has 0 radical (unpaired) electrons. The van der Waals surface area contributed by atoms with Gasteiger partial charge in [0.1, 0.15) is 11.5 Å². The van der Waals surface area contributed by atoms with Crippen LogP contribution in [0.4, 0.5) is 4.39 Å². The van der Waals surface area contributed by atoms with Crippen LogP contribution in [0, 0.1) is 12.7 Å². The molecule has 0 fully saturated rings. The van der Waals surface area contributed by atoms with E-state index in [0.717, 1.165) is 11.3 Å². The molecule has 0 amide bonds. The Balaban J connectivity index is 2.44. The van der Waals surface area contributed by atoms with Gasteiger partial charge in [-0.25, -0.2) is 9.07 Å². The average molecular weight is 270 g/mol. The molecule has 0 spiro atoms. The number of aryl methyl sites for hydroxylation is 1. The predicted molar refractivity (Wildman–Crippen MR) is 58.7 cm³/mol. The number of benzene rings is 1. The fourth-order valence-corrected chi connectivity index (χ4v) is 1.53. The van der Waals surface area contributed by atoms with Gasteiger partial charge in [0.2, 0.25) is 0 Å². The Kier molecular flexibility index (Phi) is 2.81. The van der Waals surface area contributed by atoms with Crippen molar-refractivity contribution < 1.29 is 4.39 Å². The summed E-state index contributed by atoms with van der Waals surface area (Å²) < 4.78 is 15.0. The largest absolute Gasteiger partial charge is 0.217 e. The first-order chi connectivity index (χ1) is 7.20. The third kappa shape index (κ3) is 2.07. The summed E-state index contributed by atoms with van der Waals surface area (Å²) >= 11 is 3.26. The van der Waals surface area contributed by atoms with Gasteiger partial charge in [0.25, 0.3) is 0 Å². The molecule has 1 aromatic heterocycles. The molecule has 0 unspecified atom stereocenters. The van der Waals surface area contributed by atoms with E-state index in [1.165, 1.54) is 10.7 Å². The van der Waals surface area contributed by atoms with Crippen molar-refractivity contribution in [3.63, 3.8) is 0 Å². The second-order valence-corrected chi connectivity index (χ2v) is 3.80. The average Bonchev–Trinajstić information content (AvgIpc) is 2.66. The molecule has 78 valence electrons. The van der Waals surface area contributed by atoms with Gasteiger partial charge in [-0.15, -0.1) is 5.10 Å². The molecule has 0 saturated heterocycles. The molecule has 0 saturated carbocycles. The van der Waals surface area contributed by atoms with Crippen LogP contribution in [-0.4, -0.2) is 15.0 Å². The van der Waals surface area contributed by atoms with E-state index in [0.29, 0.717) is 11.0 Å². The first-order valence-corrected chi connectivity index (χ1v) is 5.56. The Morgan fingerprint density at radius 2 is 2.27 bits per heavy atom. The first-order valence-electron chi connectivity index (χ1n) is 4.44. The SMILES string of the molecule is Cc1ccc(-n2cc(CBr)nn2)c(F)c1. The third-order valence-electron chi connectivity index (χ3n) is 2.03. The molecule has 1 aromatic carbocycles. The maximum absolute atomic E-state index is 13.5. The van der Waals surface area contributed by atoms with Crippen LogP contribution in [0.2, 0.25) is 0 Å². The molecule has 2 aromatic rings. The lowest BCUT2D eigenvalue weighted by Gasteiger charge is -2.02. The first kappa shape index (κ1) is 10.3. The maximum atomic E-state index is 13.5. The van der Waals surface area contributed by atoms with Gasteiger partial charge in [-0.2, -0.15) is 0 Å². The van der Waals surface area contributed by atoms with E-state index in [2.05, 4.69) is 26.2 Å². The number of alkyl halides is 1. The highest BCUT2D eigenvalue weighted by Crippen LogP contribution is 2.14. The van der Waals surface area contributed by atoms with Crippen LogP contribution in [0.5, 0.6) is 0 Å². The molecule has 5 heteroatoms. The number of hydrogen-bond acceptors (Lipinski definition) is 2. The second kappa shape index (κ2) is 4.10. The molecule has 3 nitrogen and oxygen atoms in total.